The molecule has 5 nitrogen and oxygen atoms in total. The Balaban J connectivity index is 2.07. The summed E-state index contributed by atoms with van der Waals surface area (Å²) in [5.41, 5.74) is 2.13. The first-order valence-electron chi connectivity index (χ1n) is 6.84. The molecule has 0 bridgehead atoms. The van der Waals surface area contributed by atoms with E-state index in [4.69, 9.17) is 4.74 Å². The minimum Gasteiger partial charge on any atom is -0.726 e. The average Bonchev–Trinajstić information content (AvgIpc) is 2.51. The molecule has 0 saturated heterocycles. The summed E-state index contributed by atoms with van der Waals surface area (Å²) in [5, 5.41) is 0. The molecule has 0 aliphatic heterocycles. The van der Waals surface area contributed by atoms with Crippen molar-refractivity contribution in [2.24, 2.45) is 0 Å². The first-order chi connectivity index (χ1) is 10.5. The molecule has 1 atom stereocenters. The van der Waals surface area contributed by atoms with Crippen molar-refractivity contribution in [3.8, 4) is 5.75 Å². The Bertz CT molecular complexity index is 697. The number of hydrogen-bond donors (Lipinski definition) is 0. The molecule has 1 unspecified atom stereocenters. The van der Waals surface area contributed by atoms with Crippen LogP contribution in [-0.2, 0) is 14.6 Å². The summed E-state index contributed by atoms with van der Waals surface area (Å²) in [4.78, 5) is 0. The van der Waals surface area contributed by atoms with Crippen molar-refractivity contribution < 1.29 is 21.9 Å². The molecule has 0 aliphatic rings. The molecule has 2 rings (SSSR count). The smallest absolute Gasteiger partial charge is 0.217 e. The third-order valence-corrected chi connectivity index (χ3v) is 3.71. The zero-order valence-corrected chi connectivity index (χ0v) is 13.0. The molecule has 2 aromatic carbocycles. The molecular weight excluding hydrogens is 304 g/mol. The van der Waals surface area contributed by atoms with Gasteiger partial charge in [-0.2, -0.15) is 0 Å². The van der Waals surface area contributed by atoms with Gasteiger partial charge >= 0.3 is 0 Å². The molecule has 0 heterocycles. The lowest BCUT2D eigenvalue weighted by Gasteiger charge is -2.17. The van der Waals surface area contributed by atoms with Gasteiger partial charge in [-0.15, -0.1) is 0 Å². The van der Waals surface area contributed by atoms with Crippen LogP contribution in [0.25, 0.3) is 0 Å². The predicted molar refractivity (Wildman–Crippen MR) is 81.5 cm³/mol. The van der Waals surface area contributed by atoms with Crippen LogP contribution in [0.1, 0.15) is 24.0 Å². The Hall–Kier alpha value is -1.89. The predicted octanol–water partition coefficient (Wildman–Crippen LogP) is 2.69. The van der Waals surface area contributed by atoms with E-state index in [1.54, 1.807) is 6.07 Å². The molecule has 6 heteroatoms. The third kappa shape index (κ3) is 4.84. The van der Waals surface area contributed by atoms with Gasteiger partial charge in [-0.3, -0.25) is 4.18 Å². The summed E-state index contributed by atoms with van der Waals surface area (Å²) < 4.78 is 40.8. The fourth-order valence-electron chi connectivity index (χ4n) is 2.18. The quantitative estimate of drug-likeness (QED) is 0.445. The number of hydrogen-bond acceptors (Lipinski definition) is 5. The van der Waals surface area contributed by atoms with Gasteiger partial charge in [-0.25, -0.2) is 8.42 Å². The Kier molecular flexibility index (Phi) is 5.54. The van der Waals surface area contributed by atoms with E-state index in [1.165, 1.54) is 0 Å². The second-order valence-electron chi connectivity index (χ2n) is 4.75. The van der Waals surface area contributed by atoms with E-state index >= 15 is 0 Å². The van der Waals surface area contributed by atoms with Gasteiger partial charge in [-0.05, 0) is 11.6 Å². The second-order valence-corrected chi connectivity index (χ2v) is 5.80. The molecule has 0 saturated carbocycles. The second kappa shape index (κ2) is 7.40. The minimum absolute atomic E-state index is 0.0139. The van der Waals surface area contributed by atoms with Crippen LogP contribution >= 0.6 is 0 Å². The van der Waals surface area contributed by atoms with Gasteiger partial charge in [0.1, 0.15) is 12.4 Å². The fourth-order valence-corrected chi connectivity index (χ4v) is 2.45. The number of para-hydroxylation sites is 1. The Morgan fingerprint density at radius 2 is 1.64 bits per heavy atom. The summed E-state index contributed by atoms with van der Waals surface area (Å²) >= 11 is 0. The van der Waals surface area contributed by atoms with Gasteiger partial charge in [0.05, 0.1) is 6.61 Å². The van der Waals surface area contributed by atoms with Crippen LogP contribution in [0.2, 0.25) is 0 Å². The van der Waals surface area contributed by atoms with Gasteiger partial charge < -0.3 is 9.29 Å². The summed E-state index contributed by atoms with van der Waals surface area (Å²) in [7, 11) is -4.68. The summed E-state index contributed by atoms with van der Waals surface area (Å²) in [5.74, 6) is 0.771. The molecule has 0 aliphatic carbocycles. The normalized spacial score (nSPS) is 12.8. The third-order valence-electron chi connectivity index (χ3n) is 3.25. The summed E-state index contributed by atoms with van der Waals surface area (Å²) in [6.45, 7) is 1.75. The maximum Gasteiger partial charge on any atom is 0.217 e. The molecule has 0 fully saturated rings. The molecule has 0 aromatic heterocycles. The van der Waals surface area contributed by atoms with Gasteiger partial charge in [-0.1, -0.05) is 55.5 Å². The molecule has 2 aromatic rings. The van der Waals surface area contributed by atoms with Crippen LogP contribution < -0.4 is 4.74 Å². The fraction of sp³-hybridized carbons (Fsp3) is 0.250. The highest BCUT2D eigenvalue weighted by molar-refractivity contribution is 7.80. The van der Waals surface area contributed by atoms with Crippen molar-refractivity contribution in [2.75, 3.05) is 13.2 Å². The zero-order valence-electron chi connectivity index (χ0n) is 12.1. The Morgan fingerprint density at radius 3 is 2.32 bits per heavy atom. The molecule has 22 heavy (non-hydrogen) atoms. The minimum atomic E-state index is -4.68. The van der Waals surface area contributed by atoms with E-state index in [2.05, 4.69) is 11.1 Å². The highest BCUT2D eigenvalue weighted by atomic mass is 32.3. The molecule has 0 spiro atoms. The molecule has 0 N–H and O–H groups in total. The topological polar surface area (TPSA) is 75.7 Å². The maximum absolute atomic E-state index is 10.4. The number of ether oxygens (including phenoxy) is 1. The molecule has 0 amide bonds. The van der Waals surface area contributed by atoms with Crippen LogP contribution in [0.4, 0.5) is 0 Å². The van der Waals surface area contributed by atoms with Crippen molar-refractivity contribution in [3.63, 3.8) is 0 Å². The molecule has 0 radical (unpaired) electrons. The van der Waals surface area contributed by atoms with Crippen molar-refractivity contribution in [1.82, 2.24) is 0 Å². The van der Waals surface area contributed by atoms with Crippen LogP contribution in [0.5, 0.6) is 5.75 Å². The van der Waals surface area contributed by atoms with E-state index in [9.17, 15) is 13.0 Å². The van der Waals surface area contributed by atoms with Crippen molar-refractivity contribution >= 4 is 10.4 Å². The van der Waals surface area contributed by atoms with Gasteiger partial charge in [0.2, 0.25) is 10.4 Å². The summed E-state index contributed by atoms with van der Waals surface area (Å²) in [6.07, 6.45) is 0. The van der Waals surface area contributed by atoms with Crippen LogP contribution in [0, 0.1) is 0 Å². The van der Waals surface area contributed by atoms with Crippen molar-refractivity contribution in [1.29, 1.82) is 0 Å². The van der Waals surface area contributed by atoms with Gasteiger partial charge in [0, 0.05) is 11.5 Å². The highest BCUT2D eigenvalue weighted by Crippen LogP contribution is 2.31. The standard InChI is InChI=1S/C16H18O5S/c1-13(14-7-3-2-4-8-14)15-9-5-6-10-16(15)20-11-12-21-22(17,18)19/h2-10,13H,11-12H2,1H3,(H,17,18,19)/p-1. The Morgan fingerprint density at radius 1 is 1.00 bits per heavy atom. The lowest BCUT2D eigenvalue weighted by Crippen LogP contribution is -2.12. The lowest BCUT2D eigenvalue weighted by molar-refractivity contribution is 0.198. The van der Waals surface area contributed by atoms with Crippen molar-refractivity contribution in [3.05, 3.63) is 65.7 Å². The first kappa shape index (κ1) is 16.5. The van der Waals surface area contributed by atoms with Crippen LogP contribution in [0.15, 0.2) is 54.6 Å². The van der Waals surface area contributed by atoms with Crippen LogP contribution in [0.3, 0.4) is 0 Å². The lowest BCUT2D eigenvalue weighted by atomic mass is 9.92. The van der Waals surface area contributed by atoms with E-state index in [0.29, 0.717) is 5.75 Å². The van der Waals surface area contributed by atoms with Crippen LogP contribution in [-0.4, -0.2) is 26.2 Å². The Labute approximate surface area is 130 Å². The van der Waals surface area contributed by atoms with Gasteiger partial charge in [0.25, 0.3) is 0 Å². The van der Waals surface area contributed by atoms with Gasteiger partial charge in [0.15, 0.2) is 0 Å². The highest BCUT2D eigenvalue weighted by Gasteiger charge is 2.13. The van der Waals surface area contributed by atoms with E-state index in [0.717, 1.165) is 11.1 Å². The average molecular weight is 321 g/mol. The molecule has 118 valence electrons. The first-order valence-corrected chi connectivity index (χ1v) is 8.17. The number of rotatable bonds is 7. The largest absolute Gasteiger partial charge is 0.726 e. The summed E-state index contributed by atoms with van der Waals surface area (Å²) in [6, 6.07) is 17.5. The maximum atomic E-state index is 10.4. The SMILES string of the molecule is CC(c1ccccc1)c1ccccc1OCCOS(=O)(=O)[O-]. The van der Waals surface area contributed by atoms with Crippen molar-refractivity contribution in [2.45, 2.75) is 12.8 Å². The van der Waals surface area contributed by atoms with E-state index in [1.807, 2.05) is 48.5 Å². The monoisotopic (exact) mass is 321 g/mol. The zero-order chi connectivity index (χ0) is 16.0. The number of benzene rings is 2. The van der Waals surface area contributed by atoms with E-state index < -0.39 is 10.4 Å². The van der Waals surface area contributed by atoms with E-state index in [-0.39, 0.29) is 19.1 Å². The molecular formula is C16H17O5S-.